The summed E-state index contributed by atoms with van der Waals surface area (Å²) >= 11 is 3.05. The van der Waals surface area contributed by atoms with Crippen molar-refractivity contribution in [1.29, 1.82) is 0 Å². The van der Waals surface area contributed by atoms with Crippen LogP contribution in [0.15, 0.2) is 46.9 Å². The van der Waals surface area contributed by atoms with Crippen LogP contribution in [-0.2, 0) is 6.54 Å². The van der Waals surface area contributed by atoms with E-state index in [2.05, 4.69) is 15.9 Å². The van der Waals surface area contributed by atoms with Gasteiger partial charge in [-0.2, -0.15) is 0 Å². The van der Waals surface area contributed by atoms with Gasteiger partial charge >= 0.3 is 0 Å². The number of carbonyl (C=O) groups is 1. The van der Waals surface area contributed by atoms with Gasteiger partial charge in [0.15, 0.2) is 0 Å². The second kappa shape index (κ2) is 6.05. The molecule has 0 aliphatic heterocycles. The van der Waals surface area contributed by atoms with E-state index in [9.17, 15) is 14.3 Å². The summed E-state index contributed by atoms with van der Waals surface area (Å²) in [6.07, 6.45) is 0. The number of hydrogen-bond acceptors (Lipinski definition) is 2. The zero-order chi connectivity index (χ0) is 14.7. The van der Waals surface area contributed by atoms with Crippen LogP contribution < -0.4 is 0 Å². The Morgan fingerprint density at radius 3 is 2.50 bits per heavy atom. The maximum atomic E-state index is 13.4. The van der Waals surface area contributed by atoms with E-state index in [-0.39, 0.29) is 11.7 Å². The summed E-state index contributed by atoms with van der Waals surface area (Å²) in [6.45, 7) is 0.386. The first-order valence-electron chi connectivity index (χ1n) is 5.96. The lowest BCUT2D eigenvalue weighted by Crippen LogP contribution is -2.26. The number of hydrogen-bond donors (Lipinski definition) is 1. The third kappa shape index (κ3) is 3.36. The Hall–Kier alpha value is -1.88. The lowest BCUT2D eigenvalue weighted by molar-refractivity contribution is 0.0784. The molecular formula is C15H13BrFNO2. The first kappa shape index (κ1) is 14.5. The van der Waals surface area contributed by atoms with Crippen molar-refractivity contribution in [1.82, 2.24) is 4.90 Å². The van der Waals surface area contributed by atoms with E-state index in [4.69, 9.17) is 0 Å². The summed E-state index contributed by atoms with van der Waals surface area (Å²) in [7, 11) is 1.65. The number of aromatic hydroxyl groups is 1. The van der Waals surface area contributed by atoms with E-state index in [0.717, 1.165) is 5.56 Å². The zero-order valence-corrected chi connectivity index (χ0v) is 12.4. The minimum absolute atomic E-state index is 0.178. The number of phenols is 1. The largest absolute Gasteiger partial charge is 0.508 e. The van der Waals surface area contributed by atoms with Crippen molar-refractivity contribution in [2.75, 3.05) is 7.05 Å². The predicted molar refractivity (Wildman–Crippen MR) is 78.0 cm³/mol. The van der Waals surface area contributed by atoms with E-state index in [1.807, 2.05) is 0 Å². The van der Waals surface area contributed by atoms with Gasteiger partial charge in [0.1, 0.15) is 11.6 Å². The van der Waals surface area contributed by atoms with Crippen molar-refractivity contribution >= 4 is 21.8 Å². The lowest BCUT2D eigenvalue weighted by Gasteiger charge is -2.17. The molecular weight excluding hydrogens is 325 g/mol. The van der Waals surface area contributed by atoms with Crippen LogP contribution in [-0.4, -0.2) is 23.0 Å². The van der Waals surface area contributed by atoms with Gasteiger partial charge in [-0.25, -0.2) is 4.39 Å². The number of phenolic OH excluding ortho intramolecular Hbond substituents is 1. The maximum absolute atomic E-state index is 13.4. The van der Waals surface area contributed by atoms with Crippen LogP contribution in [0, 0.1) is 5.82 Å². The fourth-order valence-corrected chi connectivity index (χ4v) is 2.04. The SMILES string of the molecule is CN(Cc1ccc(O)cc1)C(=O)c1ccc(Br)c(F)c1. The number of benzene rings is 2. The third-order valence-corrected chi connectivity index (χ3v) is 3.51. The smallest absolute Gasteiger partial charge is 0.253 e. The van der Waals surface area contributed by atoms with Crippen molar-refractivity contribution in [2.24, 2.45) is 0 Å². The van der Waals surface area contributed by atoms with Gasteiger partial charge in [0, 0.05) is 19.2 Å². The van der Waals surface area contributed by atoms with Crippen LogP contribution in [0.25, 0.3) is 0 Å². The van der Waals surface area contributed by atoms with Crippen molar-refractivity contribution in [3.8, 4) is 5.75 Å². The summed E-state index contributed by atoms with van der Waals surface area (Å²) < 4.78 is 13.8. The second-order valence-electron chi connectivity index (χ2n) is 4.46. The highest BCUT2D eigenvalue weighted by molar-refractivity contribution is 9.10. The van der Waals surface area contributed by atoms with Gasteiger partial charge in [-0.05, 0) is 51.8 Å². The molecule has 0 aromatic heterocycles. The molecule has 0 aliphatic carbocycles. The van der Waals surface area contributed by atoms with Gasteiger partial charge in [-0.1, -0.05) is 12.1 Å². The highest BCUT2D eigenvalue weighted by Crippen LogP contribution is 2.18. The molecule has 0 aliphatic rings. The summed E-state index contributed by atoms with van der Waals surface area (Å²) in [5.41, 5.74) is 1.18. The Labute approximate surface area is 124 Å². The van der Waals surface area contributed by atoms with Gasteiger partial charge in [-0.15, -0.1) is 0 Å². The molecule has 2 aromatic rings. The van der Waals surface area contributed by atoms with Gasteiger partial charge < -0.3 is 10.0 Å². The molecule has 0 atom stereocenters. The molecule has 3 nitrogen and oxygen atoms in total. The first-order valence-corrected chi connectivity index (χ1v) is 6.75. The van der Waals surface area contributed by atoms with E-state index >= 15 is 0 Å². The zero-order valence-electron chi connectivity index (χ0n) is 10.8. The third-order valence-electron chi connectivity index (χ3n) is 2.87. The van der Waals surface area contributed by atoms with Crippen molar-refractivity contribution in [2.45, 2.75) is 6.54 Å². The Bertz CT molecular complexity index is 628. The summed E-state index contributed by atoms with van der Waals surface area (Å²) in [5.74, 6) is -0.545. The standard InChI is InChI=1S/C15H13BrFNO2/c1-18(9-10-2-5-12(19)6-3-10)15(20)11-4-7-13(16)14(17)8-11/h2-8,19H,9H2,1H3. The Balaban J connectivity index is 2.11. The molecule has 0 fully saturated rings. The molecule has 0 unspecified atom stereocenters. The molecule has 104 valence electrons. The van der Waals surface area contributed by atoms with Gasteiger partial charge in [0.05, 0.1) is 4.47 Å². The summed E-state index contributed by atoms with van der Waals surface area (Å²) in [6, 6.07) is 10.9. The lowest BCUT2D eigenvalue weighted by atomic mass is 10.1. The molecule has 2 rings (SSSR count). The summed E-state index contributed by atoms with van der Waals surface area (Å²) in [5, 5.41) is 9.21. The van der Waals surface area contributed by atoms with E-state index in [1.165, 1.54) is 17.0 Å². The maximum Gasteiger partial charge on any atom is 0.253 e. The molecule has 0 saturated heterocycles. The first-order chi connectivity index (χ1) is 9.47. The monoisotopic (exact) mass is 337 g/mol. The van der Waals surface area contributed by atoms with E-state index in [1.54, 1.807) is 37.4 Å². The minimum Gasteiger partial charge on any atom is -0.508 e. The number of amides is 1. The molecule has 1 N–H and O–H groups in total. The average molecular weight is 338 g/mol. The van der Waals surface area contributed by atoms with Gasteiger partial charge in [0.25, 0.3) is 5.91 Å². The molecule has 20 heavy (non-hydrogen) atoms. The Kier molecular flexibility index (Phi) is 4.39. The highest BCUT2D eigenvalue weighted by Gasteiger charge is 2.13. The fraction of sp³-hybridized carbons (Fsp3) is 0.133. The topological polar surface area (TPSA) is 40.5 Å². The quantitative estimate of drug-likeness (QED) is 0.930. The van der Waals surface area contributed by atoms with Crippen molar-refractivity contribution in [3.05, 3.63) is 63.9 Å². The Morgan fingerprint density at radius 1 is 1.25 bits per heavy atom. The molecule has 0 heterocycles. The molecule has 0 spiro atoms. The van der Waals surface area contributed by atoms with Gasteiger partial charge in [-0.3, -0.25) is 4.79 Å². The molecule has 5 heteroatoms. The number of nitrogens with zero attached hydrogens (tertiary/aromatic N) is 1. The highest BCUT2D eigenvalue weighted by atomic mass is 79.9. The van der Waals surface area contributed by atoms with Crippen LogP contribution in [0.5, 0.6) is 5.75 Å². The fourth-order valence-electron chi connectivity index (χ4n) is 1.80. The van der Waals surface area contributed by atoms with E-state index in [0.29, 0.717) is 16.6 Å². The number of halogens is 2. The molecule has 1 amide bonds. The normalized spacial score (nSPS) is 10.3. The number of carbonyl (C=O) groups excluding carboxylic acids is 1. The average Bonchev–Trinajstić information content (AvgIpc) is 2.43. The molecule has 0 radical (unpaired) electrons. The van der Waals surface area contributed by atoms with Crippen molar-refractivity contribution in [3.63, 3.8) is 0 Å². The second-order valence-corrected chi connectivity index (χ2v) is 5.31. The number of rotatable bonds is 3. The van der Waals surface area contributed by atoms with Crippen LogP contribution in [0.4, 0.5) is 4.39 Å². The van der Waals surface area contributed by atoms with Crippen LogP contribution in [0.2, 0.25) is 0 Å². The predicted octanol–water partition coefficient (Wildman–Crippen LogP) is 3.57. The van der Waals surface area contributed by atoms with Crippen LogP contribution in [0.1, 0.15) is 15.9 Å². The summed E-state index contributed by atoms with van der Waals surface area (Å²) in [4.78, 5) is 13.7. The minimum atomic E-state index is -0.464. The van der Waals surface area contributed by atoms with E-state index < -0.39 is 5.82 Å². The Morgan fingerprint density at radius 2 is 1.90 bits per heavy atom. The molecule has 0 bridgehead atoms. The van der Waals surface area contributed by atoms with Crippen LogP contribution >= 0.6 is 15.9 Å². The van der Waals surface area contributed by atoms with Crippen LogP contribution in [0.3, 0.4) is 0 Å². The van der Waals surface area contributed by atoms with Crippen molar-refractivity contribution < 1.29 is 14.3 Å². The molecule has 0 saturated carbocycles. The molecule has 2 aromatic carbocycles. The van der Waals surface area contributed by atoms with Gasteiger partial charge in [0.2, 0.25) is 0 Å².